The summed E-state index contributed by atoms with van der Waals surface area (Å²) in [4.78, 5) is 0. The van der Waals surface area contributed by atoms with Crippen molar-refractivity contribution in [3.63, 3.8) is 0 Å². The van der Waals surface area contributed by atoms with E-state index in [2.05, 4.69) is 115 Å². The van der Waals surface area contributed by atoms with Crippen LogP contribution in [0.25, 0.3) is 34.4 Å². The standard InChI is InChI=1S/C26H20/c1-4-11-21(12-5-1)19-20-24-17-10-18-25(22-13-6-2-7-14-22)26(24)23-15-8-3-9-16-23/h1-20H/b20-19-. The molecule has 0 amide bonds. The molecule has 0 heterocycles. The van der Waals surface area contributed by atoms with Gasteiger partial charge in [0, 0.05) is 0 Å². The highest BCUT2D eigenvalue weighted by Gasteiger charge is 2.10. The lowest BCUT2D eigenvalue weighted by atomic mass is 9.90. The van der Waals surface area contributed by atoms with E-state index in [9.17, 15) is 0 Å². The second kappa shape index (κ2) is 7.67. The van der Waals surface area contributed by atoms with E-state index in [0.717, 1.165) is 0 Å². The van der Waals surface area contributed by atoms with Gasteiger partial charge in [-0.3, -0.25) is 0 Å². The predicted octanol–water partition coefficient (Wildman–Crippen LogP) is 7.19. The summed E-state index contributed by atoms with van der Waals surface area (Å²) in [5.74, 6) is 0. The van der Waals surface area contributed by atoms with Crippen molar-refractivity contribution in [2.75, 3.05) is 0 Å². The van der Waals surface area contributed by atoms with Crippen molar-refractivity contribution in [2.45, 2.75) is 0 Å². The van der Waals surface area contributed by atoms with Crippen molar-refractivity contribution in [2.24, 2.45) is 0 Å². The molecule has 0 N–H and O–H groups in total. The summed E-state index contributed by atoms with van der Waals surface area (Å²) in [6, 6.07) is 38.2. The Hall–Kier alpha value is -3.38. The van der Waals surface area contributed by atoms with Gasteiger partial charge >= 0.3 is 0 Å². The average molecular weight is 332 g/mol. The summed E-state index contributed by atoms with van der Waals surface area (Å²) in [6.07, 6.45) is 4.39. The van der Waals surface area contributed by atoms with Crippen molar-refractivity contribution in [3.05, 3.63) is 120 Å². The molecular weight excluding hydrogens is 312 g/mol. The summed E-state index contributed by atoms with van der Waals surface area (Å²) in [5.41, 5.74) is 7.43. The maximum atomic E-state index is 2.21. The van der Waals surface area contributed by atoms with E-state index in [-0.39, 0.29) is 0 Å². The van der Waals surface area contributed by atoms with Crippen LogP contribution in [0.1, 0.15) is 11.1 Å². The van der Waals surface area contributed by atoms with E-state index in [1.807, 2.05) is 6.07 Å². The van der Waals surface area contributed by atoms with Gasteiger partial charge in [-0.15, -0.1) is 0 Å². The topological polar surface area (TPSA) is 0 Å². The summed E-state index contributed by atoms with van der Waals surface area (Å²) >= 11 is 0. The van der Waals surface area contributed by atoms with Gasteiger partial charge in [0.2, 0.25) is 0 Å². The van der Waals surface area contributed by atoms with Crippen LogP contribution in [0.3, 0.4) is 0 Å². The molecule has 0 aliphatic carbocycles. The molecule has 26 heavy (non-hydrogen) atoms. The molecule has 0 nitrogen and oxygen atoms in total. The second-order valence-corrected chi connectivity index (χ2v) is 6.25. The van der Waals surface area contributed by atoms with E-state index >= 15 is 0 Å². The zero-order chi connectivity index (χ0) is 17.6. The maximum Gasteiger partial charge on any atom is -0.00328 e. The molecule has 0 aliphatic heterocycles. The molecule has 0 saturated carbocycles. The number of rotatable bonds is 4. The third kappa shape index (κ3) is 3.50. The highest BCUT2D eigenvalue weighted by molar-refractivity contribution is 5.91. The molecule has 0 spiro atoms. The van der Waals surface area contributed by atoms with Gasteiger partial charge in [0.15, 0.2) is 0 Å². The van der Waals surface area contributed by atoms with Crippen LogP contribution in [0.4, 0.5) is 0 Å². The van der Waals surface area contributed by atoms with Crippen LogP contribution >= 0.6 is 0 Å². The Bertz CT molecular complexity index is 998. The monoisotopic (exact) mass is 332 g/mol. The fourth-order valence-electron chi connectivity index (χ4n) is 3.24. The first-order valence-electron chi connectivity index (χ1n) is 8.89. The van der Waals surface area contributed by atoms with Gasteiger partial charge in [0.1, 0.15) is 0 Å². The first-order valence-corrected chi connectivity index (χ1v) is 8.89. The van der Waals surface area contributed by atoms with Gasteiger partial charge < -0.3 is 0 Å². The SMILES string of the molecule is C(=C/c1cccc(-c2ccccc2)c1-c1ccccc1)/c1ccccc1. The number of benzene rings is 4. The van der Waals surface area contributed by atoms with Crippen molar-refractivity contribution in [1.82, 2.24) is 0 Å². The minimum Gasteiger partial charge on any atom is -0.0622 e. The third-order valence-electron chi connectivity index (χ3n) is 4.50. The van der Waals surface area contributed by atoms with Crippen molar-refractivity contribution < 1.29 is 0 Å². The van der Waals surface area contributed by atoms with Crippen LogP contribution in [-0.4, -0.2) is 0 Å². The van der Waals surface area contributed by atoms with Gasteiger partial charge in [-0.05, 0) is 33.4 Å². The van der Waals surface area contributed by atoms with Gasteiger partial charge in [-0.25, -0.2) is 0 Å². The molecule has 124 valence electrons. The smallest absolute Gasteiger partial charge is 0.00328 e. The van der Waals surface area contributed by atoms with Gasteiger partial charge in [0.25, 0.3) is 0 Å². The summed E-state index contributed by atoms with van der Waals surface area (Å²) in [5, 5.41) is 0. The lowest BCUT2D eigenvalue weighted by molar-refractivity contribution is 1.56. The minimum atomic E-state index is 1.21. The second-order valence-electron chi connectivity index (χ2n) is 6.25. The van der Waals surface area contributed by atoms with Crippen LogP contribution in [0.15, 0.2) is 109 Å². The molecule has 0 aromatic heterocycles. The average Bonchev–Trinajstić information content (AvgIpc) is 2.74. The van der Waals surface area contributed by atoms with Crippen LogP contribution in [0.2, 0.25) is 0 Å². The Labute approximate surface area is 155 Å². The molecule has 4 aromatic rings. The Balaban J connectivity index is 1.88. The largest absolute Gasteiger partial charge is 0.0622 e. The minimum absolute atomic E-state index is 1.21. The summed E-state index contributed by atoms with van der Waals surface area (Å²) < 4.78 is 0. The van der Waals surface area contributed by atoms with Gasteiger partial charge in [0.05, 0.1) is 0 Å². The number of hydrogen-bond donors (Lipinski definition) is 0. The quantitative estimate of drug-likeness (QED) is 0.347. The van der Waals surface area contributed by atoms with Crippen LogP contribution in [-0.2, 0) is 0 Å². The fourth-order valence-corrected chi connectivity index (χ4v) is 3.24. The lowest BCUT2D eigenvalue weighted by Crippen LogP contribution is -1.89. The zero-order valence-electron chi connectivity index (χ0n) is 14.5. The van der Waals surface area contributed by atoms with Crippen molar-refractivity contribution >= 4 is 12.2 Å². The fraction of sp³-hybridized carbons (Fsp3) is 0. The van der Waals surface area contributed by atoms with E-state index in [1.165, 1.54) is 33.4 Å². The Kier molecular flexibility index (Phi) is 4.75. The maximum absolute atomic E-state index is 2.21. The zero-order valence-corrected chi connectivity index (χ0v) is 14.5. The van der Waals surface area contributed by atoms with Crippen LogP contribution in [0.5, 0.6) is 0 Å². The molecular formula is C26H20. The molecule has 0 atom stereocenters. The van der Waals surface area contributed by atoms with E-state index in [0.29, 0.717) is 0 Å². The molecule has 0 heteroatoms. The molecule has 0 saturated heterocycles. The Morgan fingerprint density at radius 3 is 1.65 bits per heavy atom. The molecule has 0 bridgehead atoms. The van der Waals surface area contributed by atoms with Crippen LogP contribution in [0, 0.1) is 0 Å². The highest BCUT2D eigenvalue weighted by atomic mass is 14.1. The van der Waals surface area contributed by atoms with E-state index in [4.69, 9.17) is 0 Å². The lowest BCUT2D eigenvalue weighted by Gasteiger charge is -2.14. The Morgan fingerprint density at radius 2 is 1.00 bits per heavy atom. The highest BCUT2D eigenvalue weighted by Crippen LogP contribution is 2.35. The third-order valence-corrected chi connectivity index (χ3v) is 4.50. The first-order chi connectivity index (χ1) is 12.9. The van der Waals surface area contributed by atoms with Crippen LogP contribution < -0.4 is 0 Å². The van der Waals surface area contributed by atoms with Crippen molar-refractivity contribution in [3.8, 4) is 22.3 Å². The number of hydrogen-bond acceptors (Lipinski definition) is 0. The normalized spacial score (nSPS) is 10.9. The van der Waals surface area contributed by atoms with Gasteiger partial charge in [-0.2, -0.15) is 0 Å². The Morgan fingerprint density at radius 1 is 0.423 bits per heavy atom. The summed E-state index contributed by atoms with van der Waals surface area (Å²) in [7, 11) is 0. The molecule has 4 rings (SSSR count). The molecule has 4 aromatic carbocycles. The molecule has 0 aliphatic rings. The van der Waals surface area contributed by atoms with Crippen molar-refractivity contribution in [1.29, 1.82) is 0 Å². The molecule has 0 radical (unpaired) electrons. The summed E-state index contributed by atoms with van der Waals surface area (Å²) in [6.45, 7) is 0. The van der Waals surface area contributed by atoms with E-state index < -0.39 is 0 Å². The van der Waals surface area contributed by atoms with E-state index in [1.54, 1.807) is 0 Å². The predicted molar refractivity (Wildman–Crippen MR) is 113 cm³/mol. The first kappa shape index (κ1) is 16.1. The van der Waals surface area contributed by atoms with Gasteiger partial charge in [-0.1, -0.05) is 121 Å². The molecule has 0 fully saturated rings. The molecule has 0 unspecified atom stereocenters.